The molecule has 96 valence electrons. The maximum atomic E-state index is 11.9. The molecule has 0 amide bonds. The lowest BCUT2D eigenvalue weighted by atomic mass is 10.1. The molecule has 0 aromatic heterocycles. The first kappa shape index (κ1) is 11.7. The molecule has 1 unspecified atom stereocenters. The van der Waals surface area contributed by atoms with Crippen molar-refractivity contribution in [3.63, 3.8) is 0 Å². The Morgan fingerprint density at radius 2 is 2.11 bits per heavy atom. The van der Waals surface area contributed by atoms with Crippen molar-refractivity contribution in [2.45, 2.75) is 23.8 Å². The number of nitrogens with one attached hydrogen (secondary N) is 1. The van der Waals surface area contributed by atoms with E-state index in [1.165, 1.54) is 0 Å². The number of fused-ring (bicyclic) bond motifs is 1. The van der Waals surface area contributed by atoms with E-state index in [4.69, 9.17) is 5.73 Å². The second kappa shape index (κ2) is 4.07. The quantitative estimate of drug-likeness (QED) is 0.832. The highest BCUT2D eigenvalue weighted by Crippen LogP contribution is 2.34. The predicted octanol–water partition coefficient (Wildman–Crippen LogP) is 0.462. The molecular formula is C12H15N3O2S. The molecule has 6 heteroatoms. The van der Waals surface area contributed by atoms with Gasteiger partial charge >= 0.3 is 0 Å². The maximum Gasteiger partial charge on any atom is 0.263 e. The van der Waals surface area contributed by atoms with Crippen LogP contribution in [-0.2, 0) is 10.0 Å². The Morgan fingerprint density at radius 1 is 1.39 bits per heavy atom. The maximum absolute atomic E-state index is 11.9. The molecule has 1 saturated carbocycles. The molecule has 3 rings (SSSR count). The highest BCUT2D eigenvalue weighted by molar-refractivity contribution is 7.90. The summed E-state index contributed by atoms with van der Waals surface area (Å²) in [6.45, 7) is 0.456. The van der Waals surface area contributed by atoms with Crippen LogP contribution in [0, 0.1) is 5.92 Å². The van der Waals surface area contributed by atoms with Crippen molar-refractivity contribution in [2.75, 3.05) is 6.54 Å². The molecular weight excluding hydrogens is 250 g/mol. The summed E-state index contributed by atoms with van der Waals surface area (Å²) in [5.41, 5.74) is 6.34. The largest absolute Gasteiger partial charge is 0.328 e. The van der Waals surface area contributed by atoms with Gasteiger partial charge in [0.2, 0.25) is 0 Å². The van der Waals surface area contributed by atoms with Crippen LogP contribution in [0.1, 0.15) is 18.4 Å². The van der Waals surface area contributed by atoms with E-state index in [0.717, 1.165) is 12.8 Å². The summed E-state index contributed by atoms with van der Waals surface area (Å²) in [5.74, 6) is 0.952. The van der Waals surface area contributed by atoms with Crippen molar-refractivity contribution in [1.82, 2.24) is 4.72 Å². The molecule has 1 fully saturated rings. The highest BCUT2D eigenvalue weighted by Gasteiger charge is 2.34. The lowest BCUT2D eigenvalue weighted by Gasteiger charge is -2.09. The Hall–Kier alpha value is -1.40. The average Bonchev–Trinajstić information content (AvgIpc) is 3.15. The molecule has 1 aromatic carbocycles. The Balaban J connectivity index is 2.02. The Kier molecular flexibility index (Phi) is 2.64. The minimum absolute atomic E-state index is 0.0221. The molecule has 0 saturated heterocycles. The van der Waals surface area contributed by atoms with Gasteiger partial charge < -0.3 is 5.73 Å². The third-order valence-corrected chi connectivity index (χ3v) is 4.76. The first-order valence-electron chi connectivity index (χ1n) is 6.02. The average molecular weight is 265 g/mol. The van der Waals surface area contributed by atoms with Crippen LogP contribution in [0.4, 0.5) is 0 Å². The second-order valence-corrected chi connectivity index (χ2v) is 6.37. The van der Waals surface area contributed by atoms with Crippen molar-refractivity contribution in [3.8, 4) is 0 Å². The fourth-order valence-electron chi connectivity index (χ4n) is 2.23. The number of nitrogens with two attached hydrogens (primary N) is 1. The van der Waals surface area contributed by atoms with Crippen LogP contribution in [0.3, 0.4) is 0 Å². The van der Waals surface area contributed by atoms with E-state index in [2.05, 4.69) is 9.71 Å². The first-order chi connectivity index (χ1) is 8.62. The topological polar surface area (TPSA) is 84.5 Å². The van der Waals surface area contributed by atoms with Crippen molar-refractivity contribution >= 4 is 15.9 Å². The van der Waals surface area contributed by atoms with Crippen molar-refractivity contribution < 1.29 is 8.42 Å². The van der Waals surface area contributed by atoms with Crippen LogP contribution in [0.5, 0.6) is 0 Å². The minimum atomic E-state index is -3.44. The van der Waals surface area contributed by atoms with Crippen LogP contribution >= 0.6 is 0 Å². The first-order valence-corrected chi connectivity index (χ1v) is 7.50. The molecule has 0 radical (unpaired) electrons. The molecule has 5 nitrogen and oxygen atoms in total. The van der Waals surface area contributed by atoms with Gasteiger partial charge in [-0.1, -0.05) is 12.1 Å². The number of aliphatic imine (C=N–C) groups is 1. The lowest BCUT2D eigenvalue weighted by Crippen LogP contribution is -2.28. The molecule has 2 aliphatic rings. The lowest BCUT2D eigenvalue weighted by molar-refractivity contribution is 0.593. The smallest absolute Gasteiger partial charge is 0.263 e. The summed E-state index contributed by atoms with van der Waals surface area (Å²) in [4.78, 5) is 4.80. The van der Waals surface area contributed by atoms with Crippen LogP contribution in [-0.4, -0.2) is 26.8 Å². The minimum Gasteiger partial charge on any atom is -0.328 e. The molecule has 18 heavy (non-hydrogen) atoms. The Labute approximate surface area is 106 Å². The summed E-state index contributed by atoms with van der Waals surface area (Å²) >= 11 is 0. The van der Waals surface area contributed by atoms with Crippen LogP contribution in [0.2, 0.25) is 0 Å². The van der Waals surface area contributed by atoms with Crippen molar-refractivity contribution in [1.29, 1.82) is 0 Å². The zero-order valence-corrected chi connectivity index (χ0v) is 10.7. The van der Waals surface area contributed by atoms with Gasteiger partial charge in [-0.25, -0.2) is 8.42 Å². The Morgan fingerprint density at radius 3 is 2.78 bits per heavy atom. The second-order valence-electron chi connectivity index (χ2n) is 4.72. The van der Waals surface area contributed by atoms with E-state index in [1.807, 2.05) is 6.07 Å². The SMILES string of the molecule is NCC(N=C1NS(=O)(=O)c2ccccc21)C1CC1. The number of hydrogen-bond acceptors (Lipinski definition) is 4. The zero-order chi connectivity index (χ0) is 12.8. The van der Waals surface area contributed by atoms with Gasteiger partial charge in [0.15, 0.2) is 0 Å². The van der Waals surface area contributed by atoms with E-state index >= 15 is 0 Å². The third kappa shape index (κ3) is 1.91. The number of rotatable bonds is 3. The molecule has 3 N–H and O–H groups in total. The van der Waals surface area contributed by atoms with Crippen LogP contribution in [0.15, 0.2) is 34.2 Å². The fraction of sp³-hybridized carbons (Fsp3) is 0.417. The zero-order valence-electron chi connectivity index (χ0n) is 9.83. The summed E-state index contributed by atoms with van der Waals surface area (Å²) in [5, 5.41) is 0. The van der Waals surface area contributed by atoms with Gasteiger partial charge in [0.1, 0.15) is 5.84 Å². The number of sulfonamides is 1. The number of hydrogen-bond donors (Lipinski definition) is 2. The van der Waals surface area contributed by atoms with E-state index < -0.39 is 10.0 Å². The van der Waals surface area contributed by atoms with Gasteiger partial charge in [0.05, 0.1) is 10.9 Å². The number of amidine groups is 1. The van der Waals surface area contributed by atoms with E-state index in [0.29, 0.717) is 28.8 Å². The van der Waals surface area contributed by atoms with Gasteiger partial charge in [-0.05, 0) is 30.9 Å². The fourth-order valence-corrected chi connectivity index (χ4v) is 3.47. The molecule has 1 aliphatic carbocycles. The van der Waals surface area contributed by atoms with Gasteiger partial charge in [0, 0.05) is 12.1 Å². The van der Waals surface area contributed by atoms with E-state index in [9.17, 15) is 8.42 Å². The molecule has 1 heterocycles. The molecule has 1 aliphatic heterocycles. The predicted molar refractivity (Wildman–Crippen MR) is 68.9 cm³/mol. The molecule has 1 atom stereocenters. The molecule has 0 spiro atoms. The number of nitrogens with zero attached hydrogens (tertiary/aromatic N) is 1. The monoisotopic (exact) mass is 265 g/mol. The third-order valence-electron chi connectivity index (χ3n) is 3.37. The van der Waals surface area contributed by atoms with Crippen molar-refractivity contribution in [3.05, 3.63) is 29.8 Å². The van der Waals surface area contributed by atoms with E-state index in [1.54, 1.807) is 18.2 Å². The Bertz CT molecular complexity index is 606. The summed E-state index contributed by atoms with van der Waals surface area (Å²) < 4.78 is 26.3. The normalized spacial score (nSPS) is 24.6. The standard InChI is InChI=1S/C12H15N3O2S/c13-7-10(8-5-6-8)14-12-9-3-1-2-4-11(9)18(16,17)15-12/h1-4,8,10H,5-7,13H2,(H,14,15). The van der Waals surface area contributed by atoms with Gasteiger partial charge in [-0.15, -0.1) is 0 Å². The van der Waals surface area contributed by atoms with Gasteiger partial charge in [-0.2, -0.15) is 0 Å². The van der Waals surface area contributed by atoms with Crippen molar-refractivity contribution in [2.24, 2.45) is 16.6 Å². The van der Waals surface area contributed by atoms with Crippen LogP contribution < -0.4 is 10.5 Å². The summed E-state index contributed by atoms with van der Waals surface area (Å²) in [7, 11) is -3.44. The molecule has 1 aromatic rings. The summed E-state index contributed by atoms with van der Waals surface area (Å²) in [6.07, 6.45) is 2.26. The van der Waals surface area contributed by atoms with Gasteiger partial charge in [-0.3, -0.25) is 9.71 Å². The van der Waals surface area contributed by atoms with Gasteiger partial charge in [0.25, 0.3) is 10.0 Å². The number of benzene rings is 1. The molecule has 0 bridgehead atoms. The highest BCUT2D eigenvalue weighted by atomic mass is 32.2. The van der Waals surface area contributed by atoms with Crippen LogP contribution in [0.25, 0.3) is 0 Å². The van der Waals surface area contributed by atoms with E-state index in [-0.39, 0.29) is 6.04 Å². The summed E-state index contributed by atoms with van der Waals surface area (Å²) in [6, 6.07) is 6.91.